The van der Waals surface area contributed by atoms with Crippen molar-refractivity contribution in [3.05, 3.63) is 28.3 Å². The highest BCUT2D eigenvalue weighted by atomic mass is 16.6. The van der Waals surface area contributed by atoms with Gasteiger partial charge in [-0.3, -0.25) is 19.7 Å². The zero-order valence-electron chi connectivity index (χ0n) is 11.7. The fraction of sp³-hybridized carbons (Fsp3) is 0.385. The second-order valence-electron chi connectivity index (χ2n) is 5.28. The summed E-state index contributed by atoms with van der Waals surface area (Å²) >= 11 is 0. The van der Waals surface area contributed by atoms with Gasteiger partial charge in [-0.1, -0.05) is 0 Å². The number of rotatable bonds is 1. The third kappa shape index (κ3) is 1.82. The van der Waals surface area contributed by atoms with Crippen molar-refractivity contribution < 1.29 is 14.5 Å². The van der Waals surface area contributed by atoms with E-state index in [9.17, 15) is 19.7 Å². The predicted molar refractivity (Wildman–Crippen MR) is 73.7 cm³/mol. The topological polar surface area (TPSA) is 83.8 Å². The molecule has 0 saturated carbocycles. The number of hydrogen-bond acceptors (Lipinski definition) is 4. The van der Waals surface area contributed by atoms with Crippen LogP contribution in [0.15, 0.2) is 18.2 Å². The van der Waals surface area contributed by atoms with Crippen LogP contribution in [-0.2, 0) is 9.59 Å². The van der Waals surface area contributed by atoms with Crippen LogP contribution in [0.4, 0.5) is 17.1 Å². The molecule has 1 heterocycles. The quantitative estimate of drug-likeness (QED) is 0.443. The fourth-order valence-electron chi connectivity index (χ4n) is 2.33. The Kier molecular flexibility index (Phi) is 3.00. The first-order chi connectivity index (χ1) is 9.17. The Morgan fingerprint density at radius 3 is 2.05 bits per heavy atom. The Labute approximate surface area is 115 Å². The number of carbonyl (C=O) groups is 2. The molecule has 1 aromatic carbocycles. The highest BCUT2D eigenvalue weighted by Gasteiger charge is 2.44. The molecule has 106 valence electrons. The molecular weight excluding hydrogens is 262 g/mol. The second kappa shape index (κ2) is 4.29. The summed E-state index contributed by atoms with van der Waals surface area (Å²) in [7, 11) is 3.07. The number of nitrogens with zero attached hydrogens (tertiary/aromatic N) is 3. The van der Waals surface area contributed by atoms with Crippen molar-refractivity contribution in [2.24, 2.45) is 5.41 Å². The summed E-state index contributed by atoms with van der Waals surface area (Å²) in [6.45, 7) is 3.09. The normalized spacial score (nSPS) is 17.8. The zero-order chi connectivity index (χ0) is 15.2. The summed E-state index contributed by atoms with van der Waals surface area (Å²) < 4.78 is 0. The number of carbonyl (C=O) groups excluding carboxylic acids is 2. The average Bonchev–Trinajstić information content (AvgIpc) is 2.46. The van der Waals surface area contributed by atoms with Gasteiger partial charge in [0.1, 0.15) is 5.41 Å². The molecule has 0 bridgehead atoms. The monoisotopic (exact) mass is 277 g/mol. The Hall–Kier alpha value is -2.44. The second-order valence-corrected chi connectivity index (χ2v) is 5.28. The van der Waals surface area contributed by atoms with Gasteiger partial charge in [-0.25, -0.2) is 0 Å². The maximum Gasteiger partial charge on any atom is 0.271 e. The van der Waals surface area contributed by atoms with Gasteiger partial charge in [-0.2, -0.15) is 0 Å². The predicted octanol–water partition coefficient (Wildman–Crippen LogP) is 1.56. The standard InChI is InChI=1S/C13H15N3O4/c1-13(2)11(17)14(3)9-6-5-8(16(19)20)7-10(9)15(4)12(13)18/h5-7H,1-4H3. The molecule has 0 saturated heterocycles. The van der Waals surface area contributed by atoms with Crippen molar-refractivity contribution in [2.75, 3.05) is 23.9 Å². The van der Waals surface area contributed by atoms with Crippen LogP contribution < -0.4 is 9.80 Å². The van der Waals surface area contributed by atoms with Crippen molar-refractivity contribution in [2.45, 2.75) is 13.8 Å². The van der Waals surface area contributed by atoms with Crippen LogP contribution in [-0.4, -0.2) is 30.8 Å². The molecule has 0 spiro atoms. The molecule has 7 nitrogen and oxygen atoms in total. The third-order valence-electron chi connectivity index (χ3n) is 3.57. The van der Waals surface area contributed by atoms with Crippen LogP contribution in [0.1, 0.15) is 13.8 Å². The molecule has 0 aliphatic carbocycles. The summed E-state index contributed by atoms with van der Waals surface area (Å²) in [4.78, 5) is 37.7. The minimum absolute atomic E-state index is 0.121. The lowest BCUT2D eigenvalue weighted by atomic mass is 9.90. The molecular formula is C13H15N3O4. The van der Waals surface area contributed by atoms with Crippen LogP contribution in [0, 0.1) is 15.5 Å². The van der Waals surface area contributed by atoms with Crippen LogP contribution in [0.3, 0.4) is 0 Å². The molecule has 0 unspecified atom stereocenters. The van der Waals surface area contributed by atoms with Gasteiger partial charge in [-0.15, -0.1) is 0 Å². The van der Waals surface area contributed by atoms with Crippen molar-refractivity contribution in [1.82, 2.24) is 0 Å². The van der Waals surface area contributed by atoms with Crippen LogP contribution >= 0.6 is 0 Å². The highest BCUT2D eigenvalue weighted by Crippen LogP contribution is 2.39. The molecule has 2 amide bonds. The molecule has 0 radical (unpaired) electrons. The Balaban J connectivity index is 2.69. The van der Waals surface area contributed by atoms with E-state index in [1.165, 1.54) is 35.0 Å². The first-order valence-electron chi connectivity index (χ1n) is 6.02. The van der Waals surface area contributed by atoms with Gasteiger partial charge in [0.05, 0.1) is 16.3 Å². The van der Waals surface area contributed by atoms with Crippen molar-refractivity contribution >= 4 is 28.9 Å². The number of benzene rings is 1. The van der Waals surface area contributed by atoms with E-state index < -0.39 is 16.2 Å². The van der Waals surface area contributed by atoms with Crippen molar-refractivity contribution in [1.29, 1.82) is 0 Å². The number of fused-ring (bicyclic) bond motifs is 1. The zero-order valence-corrected chi connectivity index (χ0v) is 11.7. The molecule has 20 heavy (non-hydrogen) atoms. The first kappa shape index (κ1) is 14.0. The molecule has 1 aliphatic heterocycles. The smallest absolute Gasteiger partial charge is 0.271 e. The van der Waals surface area contributed by atoms with E-state index in [-0.39, 0.29) is 11.6 Å². The SMILES string of the molecule is CN1C(=O)C(C)(C)C(=O)N(C)c2cc([N+](=O)[O-])ccc21. The van der Waals surface area contributed by atoms with E-state index >= 15 is 0 Å². The minimum atomic E-state index is -1.21. The highest BCUT2D eigenvalue weighted by molar-refractivity contribution is 6.19. The summed E-state index contributed by atoms with van der Waals surface area (Å²) in [6.07, 6.45) is 0. The average molecular weight is 277 g/mol. The minimum Gasteiger partial charge on any atom is -0.313 e. The summed E-state index contributed by atoms with van der Waals surface area (Å²) in [5.41, 5.74) is -0.506. The lowest BCUT2D eigenvalue weighted by Gasteiger charge is -2.25. The maximum atomic E-state index is 12.4. The molecule has 7 heteroatoms. The molecule has 0 fully saturated rings. The molecule has 1 aromatic rings. The van der Waals surface area contributed by atoms with Crippen molar-refractivity contribution in [3.8, 4) is 0 Å². The third-order valence-corrected chi connectivity index (χ3v) is 3.57. The van der Waals surface area contributed by atoms with E-state index in [0.29, 0.717) is 11.4 Å². The van der Waals surface area contributed by atoms with E-state index in [1.807, 2.05) is 0 Å². The Bertz CT molecular complexity index is 624. The van der Waals surface area contributed by atoms with E-state index in [1.54, 1.807) is 20.9 Å². The van der Waals surface area contributed by atoms with E-state index in [4.69, 9.17) is 0 Å². The first-order valence-corrected chi connectivity index (χ1v) is 6.02. The van der Waals surface area contributed by atoms with Crippen LogP contribution in [0.2, 0.25) is 0 Å². The van der Waals surface area contributed by atoms with Crippen LogP contribution in [0.5, 0.6) is 0 Å². The largest absolute Gasteiger partial charge is 0.313 e. The molecule has 0 atom stereocenters. The summed E-state index contributed by atoms with van der Waals surface area (Å²) in [5, 5.41) is 10.9. The number of nitro groups is 1. The molecule has 1 aliphatic rings. The fourth-order valence-corrected chi connectivity index (χ4v) is 2.33. The van der Waals surface area contributed by atoms with Crippen LogP contribution in [0.25, 0.3) is 0 Å². The van der Waals surface area contributed by atoms with Crippen molar-refractivity contribution in [3.63, 3.8) is 0 Å². The van der Waals surface area contributed by atoms with Gasteiger partial charge in [0.2, 0.25) is 11.8 Å². The number of amides is 2. The summed E-state index contributed by atoms with van der Waals surface area (Å²) in [6, 6.07) is 4.11. The number of anilines is 2. The van der Waals surface area contributed by atoms with E-state index in [2.05, 4.69) is 0 Å². The number of nitro benzene ring substituents is 1. The molecule has 0 N–H and O–H groups in total. The Morgan fingerprint density at radius 2 is 1.55 bits per heavy atom. The van der Waals surface area contributed by atoms with Gasteiger partial charge < -0.3 is 9.80 Å². The number of non-ortho nitro benzene ring substituents is 1. The van der Waals surface area contributed by atoms with Gasteiger partial charge in [0.25, 0.3) is 5.69 Å². The van der Waals surface area contributed by atoms with Gasteiger partial charge in [-0.05, 0) is 19.9 Å². The van der Waals surface area contributed by atoms with Gasteiger partial charge in [0, 0.05) is 26.2 Å². The maximum absolute atomic E-state index is 12.4. The summed E-state index contributed by atoms with van der Waals surface area (Å²) in [5.74, 6) is -0.740. The Morgan fingerprint density at radius 1 is 1.05 bits per heavy atom. The lowest BCUT2D eigenvalue weighted by Crippen LogP contribution is -2.46. The van der Waals surface area contributed by atoms with E-state index in [0.717, 1.165) is 0 Å². The molecule has 2 rings (SSSR count). The molecule has 0 aromatic heterocycles. The van der Waals surface area contributed by atoms with Gasteiger partial charge >= 0.3 is 0 Å². The van der Waals surface area contributed by atoms with Gasteiger partial charge in [0.15, 0.2) is 0 Å². The lowest BCUT2D eigenvalue weighted by molar-refractivity contribution is -0.384. The number of hydrogen-bond donors (Lipinski definition) is 0.